The van der Waals surface area contributed by atoms with E-state index in [1.54, 1.807) is 55.5 Å². The maximum atomic E-state index is 13.5. The van der Waals surface area contributed by atoms with E-state index in [9.17, 15) is 13.2 Å². The predicted molar refractivity (Wildman–Crippen MR) is 146 cm³/mol. The van der Waals surface area contributed by atoms with E-state index in [0.717, 1.165) is 21.2 Å². The Balaban J connectivity index is 0.00000380. The SMILES string of the molecule is CCOC(=O)CN(c1ccc2c(c1)nc(Cc1ccc(C(=N)N)cc1)n2C)S(=O)(=O)c1ccccc1.Cl. The second-order valence-electron chi connectivity index (χ2n) is 8.18. The quantitative estimate of drug-likeness (QED) is 0.189. The summed E-state index contributed by atoms with van der Waals surface area (Å²) in [5, 5.41) is 7.54. The molecule has 37 heavy (non-hydrogen) atoms. The molecule has 0 aliphatic rings. The largest absolute Gasteiger partial charge is 0.465 e. The number of aryl methyl sites for hydroxylation is 1. The zero-order chi connectivity index (χ0) is 25.9. The number of nitrogens with one attached hydrogen (secondary N) is 1. The molecule has 0 saturated carbocycles. The summed E-state index contributed by atoms with van der Waals surface area (Å²) in [5.41, 5.74) is 8.91. The molecule has 0 spiro atoms. The number of anilines is 1. The molecule has 0 fully saturated rings. The molecule has 1 heterocycles. The minimum absolute atomic E-state index is 0. The summed E-state index contributed by atoms with van der Waals surface area (Å²) in [5.74, 6) is 0.142. The molecule has 4 aromatic rings. The van der Waals surface area contributed by atoms with E-state index in [1.807, 2.05) is 23.7 Å². The number of halogens is 1. The lowest BCUT2D eigenvalue weighted by atomic mass is 10.1. The number of fused-ring (bicyclic) bond motifs is 1. The molecular weight excluding hydrogens is 514 g/mol. The Morgan fingerprint density at radius 2 is 1.76 bits per heavy atom. The highest BCUT2D eigenvalue weighted by atomic mass is 35.5. The van der Waals surface area contributed by atoms with Crippen LogP contribution >= 0.6 is 12.4 Å². The third kappa shape index (κ3) is 5.92. The van der Waals surface area contributed by atoms with Crippen LogP contribution in [0.5, 0.6) is 0 Å². The highest BCUT2D eigenvalue weighted by Gasteiger charge is 2.28. The van der Waals surface area contributed by atoms with Gasteiger partial charge in [0.15, 0.2) is 0 Å². The van der Waals surface area contributed by atoms with Gasteiger partial charge in [-0.05, 0) is 42.8 Å². The first-order valence-corrected chi connectivity index (χ1v) is 12.8. The van der Waals surface area contributed by atoms with E-state index in [4.69, 9.17) is 20.9 Å². The molecule has 4 rings (SSSR count). The van der Waals surface area contributed by atoms with Crippen LogP contribution < -0.4 is 10.0 Å². The van der Waals surface area contributed by atoms with Crippen molar-refractivity contribution in [3.8, 4) is 0 Å². The summed E-state index contributed by atoms with van der Waals surface area (Å²) < 4.78 is 35.0. The molecule has 3 N–H and O–H groups in total. The number of benzene rings is 3. The van der Waals surface area contributed by atoms with E-state index < -0.39 is 22.5 Å². The van der Waals surface area contributed by atoms with Gasteiger partial charge in [-0.2, -0.15) is 0 Å². The standard InChI is InChI=1S/C26H27N5O4S.ClH/c1-3-35-25(32)17-31(36(33,34)21-7-5-4-6-8-21)20-13-14-23-22(16-20)29-24(30(23)2)15-18-9-11-19(12-10-18)26(27)28;/h4-14,16H,3,15,17H2,1-2H3,(H3,27,28);1H. The van der Waals surface area contributed by atoms with Gasteiger partial charge < -0.3 is 15.0 Å². The molecule has 0 atom stereocenters. The number of rotatable bonds is 9. The molecule has 0 bridgehead atoms. The fourth-order valence-corrected chi connectivity index (χ4v) is 5.32. The minimum atomic E-state index is -4.03. The maximum absolute atomic E-state index is 13.5. The monoisotopic (exact) mass is 541 g/mol. The van der Waals surface area contributed by atoms with Crippen LogP contribution in [-0.4, -0.2) is 42.9 Å². The maximum Gasteiger partial charge on any atom is 0.326 e. The Hall–Kier alpha value is -3.89. The van der Waals surface area contributed by atoms with E-state index in [0.29, 0.717) is 23.2 Å². The number of esters is 1. The van der Waals surface area contributed by atoms with E-state index in [2.05, 4.69) is 0 Å². The number of nitrogen functional groups attached to an aromatic ring is 1. The van der Waals surface area contributed by atoms with Gasteiger partial charge in [0.25, 0.3) is 10.0 Å². The van der Waals surface area contributed by atoms with Crippen LogP contribution in [0.4, 0.5) is 5.69 Å². The number of amidine groups is 1. The minimum Gasteiger partial charge on any atom is -0.465 e. The van der Waals surface area contributed by atoms with Crippen LogP contribution in [0, 0.1) is 5.41 Å². The molecule has 0 radical (unpaired) electrons. The molecular formula is C26H28ClN5O4S. The second kappa shape index (κ2) is 11.4. The van der Waals surface area contributed by atoms with Gasteiger partial charge in [-0.1, -0.05) is 42.5 Å². The van der Waals surface area contributed by atoms with E-state index >= 15 is 0 Å². The first-order valence-electron chi connectivity index (χ1n) is 11.3. The first-order chi connectivity index (χ1) is 17.2. The van der Waals surface area contributed by atoms with Gasteiger partial charge in [0.2, 0.25) is 0 Å². The van der Waals surface area contributed by atoms with Crippen LogP contribution in [0.1, 0.15) is 23.9 Å². The van der Waals surface area contributed by atoms with Crippen LogP contribution in [-0.2, 0) is 33.0 Å². The van der Waals surface area contributed by atoms with Crippen molar-refractivity contribution in [3.05, 3.63) is 89.7 Å². The average molecular weight is 542 g/mol. The Labute approximate surface area is 221 Å². The molecule has 11 heteroatoms. The number of ether oxygens (including phenoxy) is 1. The van der Waals surface area contributed by atoms with Crippen LogP contribution in [0.15, 0.2) is 77.7 Å². The number of sulfonamides is 1. The van der Waals surface area contributed by atoms with Gasteiger partial charge in [0, 0.05) is 19.0 Å². The van der Waals surface area contributed by atoms with Gasteiger partial charge in [0.05, 0.1) is 28.2 Å². The lowest BCUT2D eigenvalue weighted by Gasteiger charge is -2.23. The second-order valence-corrected chi connectivity index (χ2v) is 10.0. The number of imidazole rings is 1. The van der Waals surface area contributed by atoms with Crippen LogP contribution in [0.2, 0.25) is 0 Å². The Morgan fingerprint density at radius 3 is 2.38 bits per heavy atom. The highest BCUT2D eigenvalue weighted by molar-refractivity contribution is 7.92. The van der Waals surface area contributed by atoms with Crippen molar-refractivity contribution >= 4 is 51.0 Å². The number of nitrogens with two attached hydrogens (primary N) is 1. The molecule has 0 unspecified atom stereocenters. The van der Waals surface area contributed by atoms with Crippen molar-refractivity contribution in [2.75, 3.05) is 17.5 Å². The van der Waals surface area contributed by atoms with Gasteiger partial charge in [-0.25, -0.2) is 13.4 Å². The molecule has 0 amide bonds. The Bertz CT molecular complexity index is 1520. The van der Waals surface area contributed by atoms with Gasteiger partial charge in [-0.3, -0.25) is 14.5 Å². The average Bonchev–Trinajstić information content (AvgIpc) is 3.17. The topological polar surface area (TPSA) is 131 Å². The third-order valence-corrected chi connectivity index (χ3v) is 7.57. The molecule has 1 aromatic heterocycles. The molecule has 3 aromatic carbocycles. The van der Waals surface area contributed by atoms with Gasteiger partial charge in [-0.15, -0.1) is 12.4 Å². The molecule has 9 nitrogen and oxygen atoms in total. The smallest absolute Gasteiger partial charge is 0.326 e. The van der Waals surface area contributed by atoms with Crippen molar-refractivity contribution < 1.29 is 17.9 Å². The molecule has 0 aliphatic heterocycles. The predicted octanol–water partition coefficient (Wildman–Crippen LogP) is 3.63. The number of hydrogen-bond donors (Lipinski definition) is 2. The summed E-state index contributed by atoms with van der Waals surface area (Å²) >= 11 is 0. The molecule has 0 saturated heterocycles. The number of nitrogens with zero attached hydrogens (tertiary/aromatic N) is 3. The van der Waals surface area contributed by atoms with E-state index in [-0.39, 0.29) is 29.7 Å². The highest BCUT2D eigenvalue weighted by Crippen LogP contribution is 2.28. The summed E-state index contributed by atoms with van der Waals surface area (Å²) in [7, 11) is -2.13. The zero-order valence-electron chi connectivity index (χ0n) is 20.4. The molecule has 194 valence electrons. The fourth-order valence-electron chi connectivity index (χ4n) is 3.89. The zero-order valence-corrected chi connectivity index (χ0v) is 22.1. The Kier molecular flexibility index (Phi) is 8.57. The number of hydrogen-bond acceptors (Lipinski definition) is 6. The van der Waals surface area contributed by atoms with Crippen LogP contribution in [0.3, 0.4) is 0 Å². The number of aromatic nitrogens is 2. The number of carbonyl (C=O) groups excluding carboxylic acids is 1. The lowest BCUT2D eigenvalue weighted by molar-refractivity contribution is -0.141. The summed E-state index contributed by atoms with van der Waals surface area (Å²) in [4.78, 5) is 17.1. The number of carbonyl (C=O) groups is 1. The van der Waals surface area contributed by atoms with Crippen molar-refractivity contribution in [1.29, 1.82) is 5.41 Å². The fraction of sp³-hybridized carbons (Fsp3) is 0.192. The Morgan fingerprint density at radius 1 is 1.08 bits per heavy atom. The summed E-state index contributed by atoms with van der Waals surface area (Å²) in [6, 6.07) is 20.5. The normalized spacial score (nSPS) is 11.1. The van der Waals surface area contributed by atoms with Crippen molar-refractivity contribution in [3.63, 3.8) is 0 Å². The summed E-state index contributed by atoms with van der Waals surface area (Å²) in [6.45, 7) is 1.36. The summed E-state index contributed by atoms with van der Waals surface area (Å²) in [6.07, 6.45) is 0.535. The first kappa shape index (κ1) is 27.7. The van der Waals surface area contributed by atoms with Crippen molar-refractivity contribution in [1.82, 2.24) is 9.55 Å². The van der Waals surface area contributed by atoms with E-state index in [1.165, 1.54) is 12.1 Å². The van der Waals surface area contributed by atoms with Crippen LogP contribution in [0.25, 0.3) is 11.0 Å². The van der Waals surface area contributed by atoms with Gasteiger partial charge in [0.1, 0.15) is 18.2 Å². The third-order valence-electron chi connectivity index (χ3n) is 5.78. The van der Waals surface area contributed by atoms with Crippen molar-refractivity contribution in [2.24, 2.45) is 12.8 Å². The lowest BCUT2D eigenvalue weighted by Crippen LogP contribution is -2.36. The van der Waals surface area contributed by atoms with Crippen molar-refractivity contribution in [2.45, 2.75) is 18.2 Å². The van der Waals surface area contributed by atoms with Gasteiger partial charge >= 0.3 is 5.97 Å². The molecule has 0 aliphatic carbocycles.